The molecule has 6 N–H and O–H groups in total. The minimum absolute atomic E-state index is 0.0206. The van der Waals surface area contributed by atoms with Crippen LogP contribution in [0.1, 0.15) is 54.5 Å². The first-order valence-electron chi connectivity index (χ1n) is 16.7. The Hall–Kier alpha value is -2.96. The molecule has 0 aromatic carbocycles. The van der Waals surface area contributed by atoms with Crippen LogP contribution in [0.15, 0.2) is 6.33 Å². The Balaban J connectivity index is 1.37. The first-order chi connectivity index (χ1) is 23.1. The minimum Gasteiger partial charge on any atom is -0.465 e. The van der Waals surface area contributed by atoms with Crippen LogP contribution in [0.3, 0.4) is 0 Å². The highest BCUT2D eigenvalue weighted by molar-refractivity contribution is 7.54. The van der Waals surface area contributed by atoms with Gasteiger partial charge >= 0.3 is 19.6 Å². The van der Waals surface area contributed by atoms with Crippen molar-refractivity contribution in [1.29, 1.82) is 0 Å². The van der Waals surface area contributed by atoms with E-state index < -0.39 is 67.8 Å². The van der Waals surface area contributed by atoms with Crippen molar-refractivity contribution in [2.24, 2.45) is 11.8 Å². The molecule has 3 unspecified atom stereocenters. The number of hydrogen-bond donors (Lipinski definition) is 5. The lowest BCUT2D eigenvalue weighted by Gasteiger charge is -2.32. The average molecular weight is 713 g/mol. The number of hydrogen-bond acceptors (Lipinski definition) is 15. The van der Waals surface area contributed by atoms with Crippen LogP contribution in [-0.4, -0.2) is 123 Å². The lowest BCUT2D eigenvalue weighted by Crippen LogP contribution is -2.49. The van der Waals surface area contributed by atoms with Gasteiger partial charge in [0.25, 0.3) is 0 Å². The molecule has 2 aromatic heterocycles. The maximum atomic E-state index is 14.5. The number of anilines is 2. The third-order valence-corrected chi connectivity index (χ3v) is 11.1. The number of aliphatic hydroxyl groups excluding tert-OH is 1. The molecule has 274 valence electrons. The number of carbonyl (C=O) groups is 2. The number of nitrogens with one attached hydrogen (secondary N) is 2. The molecule has 1 aliphatic carbocycles. The summed E-state index contributed by atoms with van der Waals surface area (Å²) in [4.78, 5) is 41.0. The topological polar surface area (TPSA) is 235 Å². The summed E-state index contributed by atoms with van der Waals surface area (Å²) in [6.45, 7) is 13.8. The Kier molecular flexibility index (Phi) is 10.9. The second-order valence-corrected chi connectivity index (χ2v) is 15.2. The van der Waals surface area contributed by atoms with Crippen molar-refractivity contribution in [3.05, 3.63) is 6.33 Å². The molecule has 7 atom stereocenters. The third-order valence-electron chi connectivity index (χ3n) is 9.31. The molecule has 0 bridgehead atoms. The number of morpholine rings is 1. The quantitative estimate of drug-likeness (QED) is 0.125. The monoisotopic (exact) mass is 712 g/mol. The number of aromatic nitrogens is 4. The van der Waals surface area contributed by atoms with Gasteiger partial charge in [-0.15, -0.1) is 0 Å². The number of nitrogen functional groups attached to an aromatic ring is 1. The van der Waals surface area contributed by atoms with Crippen LogP contribution in [0, 0.1) is 11.8 Å². The van der Waals surface area contributed by atoms with Gasteiger partial charge in [-0.25, -0.2) is 15.2 Å². The Morgan fingerprint density at radius 1 is 1.08 bits per heavy atom. The zero-order valence-corrected chi connectivity index (χ0v) is 29.9. The van der Waals surface area contributed by atoms with E-state index in [1.54, 1.807) is 53.0 Å². The predicted octanol–water partition coefficient (Wildman–Crippen LogP) is 0.529. The number of ether oxygens (including phenoxy) is 4. The maximum absolute atomic E-state index is 14.5. The number of nitrogens with zero attached hydrogens (tertiary/aromatic N) is 5. The molecule has 2 aromatic rings. The molecule has 3 fully saturated rings. The van der Waals surface area contributed by atoms with E-state index in [4.69, 9.17) is 29.2 Å². The van der Waals surface area contributed by atoms with Gasteiger partial charge in [0.05, 0.1) is 39.4 Å². The van der Waals surface area contributed by atoms with Gasteiger partial charge in [-0.1, -0.05) is 27.7 Å². The molecule has 4 heterocycles. The molecule has 0 amide bonds. The van der Waals surface area contributed by atoms with Crippen molar-refractivity contribution in [3.63, 3.8) is 0 Å². The van der Waals surface area contributed by atoms with Crippen molar-refractivity contribution in [3.8, 4) is 0 Å². The molecule has 2 saturated heterocycles. The fourth-order valence-corrected chi connectivity index (χ4v) is 8.75. The largest absolute Gasteiger partial charge is 0.465 e. The number of fused-ring (bicyclic) bond motifs is 2. The second kappa shape index (κ2) is 14.3. The van der Waals surface area contributed by atoms with Crippen LogP contribution in [-0.2, 0) is 37.6 Å². The molecule has 1 saturated carbocycles. The van der Waals surface area contributed by atoms with Crippen molar-refractivity contribution >= 4 is 42.5 Å². The first-order valence-corrected chi connectivity index (χ1v) is 18.3. The summed E-state index contributed by atoms with van der Waals surface area (Å²) in [6.07, 6.45) is -1.16. The Morgan fingerprint density at radius 2 is 1.65 bits per heavy atom. The minimum atomic E-state index is -4.28. The van der Waals surface area contributed by atoms with Crippen LogP contribution in [0.25, 0.3) is 11.2 Å². The molecule has 19 heteroatoms. The van der Waals surface area contributed by atoms with Gasteiger partial charge in [0, 0.05) is 13.1 Å². The van der Waals surface area contributed by atoms with Crippen molar-refractivity contribution in [2.75, 3.05) is 56.8 Å². The third kappa shape index (κ3) is 6.89. The highest BCUT2D eigenvalue weighted by atomic mass is 31.2. The summed E-state index contributed by atoms with van der Waals surface area (Å²) in [6, 6.07) is -2.96. The summed E-state index contributed by atoms with van der Waals surface area (Å²) in [5, 5.41) is 28.9. The van der Waals surface area contributed by atoms with Gasteiger partial charge in [-0.05, 0) is 32.6 Å². The number of carbonyl (C=O) groups excluding carboxylic acids is 2. The van der Waals surface area contributed by atoms with E-state index in [2.05, 4.69) is 25.1 Å². The molecular formula is C30H49N8O10P. The summed E-state index contributed by atoms with van der Waals surface area (Å²) in [5.74, 6) is -1.51. The molecule has 0 spiro atoms. The normalized spacial score (nSPS) is 28.1. The van der Waals surface area contributed by atoms with E-state index in [0.717, 1.165) is 0 Å². The van der Waals surface area contributed by atoms with Crippen LogP contribution in [0.4, 0.5) is 11.8 Å². The standard InChI is InChI=1S/C30H49N8O10P/c1-8-45-25(40)19(16(3)4)35-49(43,36-20(17(5)6)26(41)46-9-2)47-14-18-22(39)30(42)27(29(30,7)48-18)38-15-32-21-23(33-28(31)34-24(21)38)37-10-12-44-13-11-37/h15-20,22,27,39,42H,8-14H2,1-7H3,(H2,31,33,34)(H2,35,36,43)/t18-,19+,20+,22?,27-,29?,30?/m1/s1. The predicted molar refractivity (Wildman–Crippen MR) is 176 cm³/mol. The maximum Gasteiger partial charge on any atom is 0.342 e. The fourth-order valence-electron chi connectivity index (χ4n) is 6.63. The molecule has 49 heavy (non-hydrogen) atoms. The lowest BCUT2D eigenvalue weighted by atomic mass is 10.1. The lowest BCUT2D eigenvalue weighted by molar-refractivity contribution is -0.146. The molecule has 18 nitrogen and oxygen atoms in total. The Bertz CT molecular complexity index is 1530. The first kappa shape index (κ1) is 37.3. The van der Waals surface area contributed by atoms with E-state index in [0.29, 0.717) is 43.3 Å². The summed E-state index contributed by atoms with van der Waals surface area (Å²) in [5.41, 5.74) is 3.79. The molecule has 2 aliphatic heterocycles. The SMILES string of the molecule is CCOC(=O)[C@@H](NP(=O)(N[C@H](C(=O)OCC)C(C)C)OC[C@H]1OC2(C)[C@@H](n3cnc4c(N5CCOCC5)nc(N)nc43)C2(O)C1O)C(C)C. The number of nitrogens with two attached hydrogens (primary N) is 1. The van der Waals surface area contributed by atoms with E-state index in [1.807, 2.05) is 4.90 Å². The van der Waals surface area contributed by atoms with Crippen LogP contribution >= 0.6 is 7.67 Å². The van der Waals surface area contributed by atoms with Crippen molar-refractivity contribution < 1.29 is 47.8 Å². The van der Waals surface area contributed by atoms with Gasteiger partial charge in [0.1, 0.15) is 41.5 Å². The van der Waals surface area contributed by atoms with E-state index >= 15 is 0 Å². The van der Waals surface area contributed by atoms with Crippen LogP contribution in [0.2, 0.25) is 0 Å². The number of esters is 2. The second-order valence-electron chi connectivity index (χ2n) is 13.3. The highest BCUT2D eigenvalue weighted by Crippen LogP contribution is 2.68. The number of rotatable bonds is 15. The van der Waals surface area contributed by atoms with Gasteiger partial charge in [0.2, 0.25) is 5.95 Å². The molecular weight excluding hydrogens is 663 g/mol. The zero-order valence-electron chi connectivity index (χ0n) is 29.0. The van der Waals surface area contributed by atoms with Gasteiger partial charge in [-0.2, -0.15) is 9.97 Å². The van der Waals surface area contributed by atoms with Crippen molar-refractivity contribution in [1.82, 2.24) is 29.7 Å². The average Bonchev–Trinajstić information content (AvgIpc) is 3.25. The smallest absolute Gasteiger partial charge is 0.342 e. The Morgan fingerprint density at radius 3 is 2.14 bits per heavy atom. The summed E-state index contributed by atoms with van der Waals surface area (Å²) in [7, 11) is -4.28. The zero-order chi connectivity index (χ0) is 35.9. The van der Waals surface area contributed by atoms with Crippen molar-refractivity contribution in [2.45, 2.75) is 90.0 Å². The fraction of sp³-hybridized carbons (Fsp3) is 0.767. The summed E-state index contributed by atoms with van der Waals surface area (Å²) >= 11 is 0. The molecule has 5 rings (SSSR count). The van der Waals surface area contributed by atoms with E-state index in [1.165, 1.54) is 6.33 Å². The number of imidazole rings is 1. The van der Waals surface area contributed by atoms with Gasteiger partial charge in [-0.3, -0.25) is 14.2 Å². The summed E-state index contributed by atoms with van der Waals surface area (Å²) < 4.78 is 44.1. The van der Waals surface area contributed by atoms with E-state index in [9.17, 15) is 24.4 Å². The van der Waals surface area contributed by atoms with Crippen LogP contribution < -0.4 is 20.8 Å². The van der Waals surface area contributed by atoms with Crippen LogP contribution in [0.5, 0.6) is 0 Å². The molecule has 3 aliphatic rings. The number of aliphatic hydroxyl groups is 2. The molecule has 0 radical (unpaired) electrons. The van der Waals surface area contributed by atoms with Gasteiger partial charge in [0.15, 0.2) is 17.0 Å². The van der Waals surface area contributed by atoms with E-state index in [-0.39, 0.29) is 31.0 Å². The highest BCUT2D eigenvalue weighted by Gasteiger charge is 2.85. The van der Waals surface area contributed by atoms with Gasteiger partial charge < -0.3 is 48.9 Å². The Labute approximate surface area is 284 Å².